The Morgan fingerprint density at radius 1 is 1.11 bits per heavy atom. The first-order chi connectivity index (χ1) is 8.79. The normalized spacial score (nSPS) is 29.7. The van der Waals surface area contributed by atoms with E-state index in [1.807, 2.05) is 0 Å². The molecule has 0 saturated heterocycles. The number of alkyl halides is 1. The first kappa shape index (κ1) is 14.8. The summed E-state index contributed by atoms with van der Waals surface area (Å²) in [6, 6.07) is 0. The molecule has 0 bridgehead atoms. The zero-order chi connectivity index (χ0) is 12.8. The van der Waals surface area contributed by atoms with E-state index in [9.17, 15) is 0 Å². The van der Waals surface area contributed by atoms with Gasteiger partial charge in [-0.1, -0.05) is 28.8 Å². The molecule has 2 fully saturated rings. The average Bonchev–Trinajstić information content (AvgIpc) is 2.88. The molecule has 0 amide bonds. The van der Waals surface area contributed by atoms with E-state index < -0.39 is 0 Å². The van der Waals surface area contributed by atoms with Gasteiger partial charge in [-0.05, 0) is 25.7 Å². The summed E-state index contributed by atoms with van der Waals surface area (Å²) in [7, 11) is 1.70. The Kier molecular flexibility index (Phi) is 5.93. The van der Waals surface area contributed by atoms with Crippen molar-refractivity contribution >= 4 is 15.9 Å². The van der Waals surface area contributed by atoms with E-state index in [-0.39, 0.29) is 0 Å². The third kappa shape index (κ3) is 3.27. The van der Waals surface area contributed by atoms with Crippen LogP contribution in [0.15, 0.2) is 0 Å². The van der Waals surface area contributed by atoms with Gasteiger partial charge in [-0.3, -0.25) is 0 Å². The minimum Gasteiger partial charge on any atom is -0.382 e. The summed E-state index contributed by atoms with van der Waals surface area (Å²) in [6.07, 6.45) is 8.11. The van der Waals surface area contributed by atoms with E-state index in [2.05, 4.69) is 15.9 Å². The van der Waals surface area contributed by atoms with Crippen molar-refractivity contribution in [2.75, 3.05) is 33.5 Å². The monoisotopic (exact) mass is 320 g/mol. The Balaban J connectivity index is 1.55. The number of hydrogen-bond donors (Lipinski definition) is 0. The van der Waals surface area contributed by atoms with Crippen molar-refractivity contribution in [3.63, 3.8) is 0 Å². The van der Waals surface area contributed by atoms with E-state index in [1.54, 1.807) is 7.11 Å². The highest BCUT2D eigenvalue weighted by Gasteiger charge is 2.55. The molecule has 0 radical (unpaired) electrons. The van der Waals surface area contributed by atoms with Gasteiger partial charge >= 0.3 is 0 Å². The van der Waals surface area contributed by atoms with E-state index in [0.29, 0.717) is 29.6 Å². The molecule has 0 aromatic carbocycles. The molecule has 1 spiro atoms. The summed E-state index contributed by atoms with van der Waals surface area (Å²) < 4.78 is 16.4. The molecule has 0 aromatic heterocycles. The summed E-state index contributed by atoms with van der Waals surface area (Å²) >= 11 is 3.82. The molecule has 2 saturated carbocycles. The Bertz CT molecular complexity index is 241. The van der Waals surface area contributed by atoms with Crippen LogP contribution in [0.1, 0.15) is 38.5 Å². The predicted octanol–water partition coefficient (Wildman–Crippen LogP) is 3.15. The highest BCUT2D eigenvalue weighted by molar-refractivity contribution is 9.09. The van der Waals surface area contributed by atoms with Crippen LogP contribution in [0, 0.1) is 5.41 Å². The van der Waals surface area contributed by atoms with Gasteiger partial charge in [0, 0.05) is 30.6 Å². The highest BCUT2D eigenvalue weighted by atomic mass is 79.9. The van der Waals surface area contributed by atoms with Crippen LogP contribution >= 0.6 is 15.9 Å². The summed E-state index contributed by atoms with van der Waals surface area (Å²) in [6.45, 7) is 2.98. The minimum absolute atomic E-state index is 0.469. The lowest BCUT2D eigenvalue weighted by atomic mass is 9.64. The van der Waals surface area contributed by atoms with Gasteiger partial charge in [-0.15, -0.1) is 0 Å². The summed E-state index contributed by atoms with van der Waals surface area (Å²) in [4.78, 5) is 0.690. The first-order valence-electron chi connectivity index (χ1n) is 7.12. The smallest absolute Gasteiger partial charge is 0.0700 e. The Labute approximate surface area is 119 Å². The van der Waals surface area contributed by atoms with Gasteiger partial charge in [0.15, 0.2) is 0 Å². The van der Waals surface area contributed by atoms with Crippen LogP contribution in [0.2, 0.25) is 0 Å². The molecule has 4 heteroatoms. The highest BCUT2D eigenvalue weighted by Crippen LogP contribution is 2.57. The van der Waals surface area contributed by atoms with Crippen molar-refractivity contribution in [2.45, 2.75) is 49.5 Å². The number of ether oxygens (including phenoxy) is 3. The second-order valence-corrected chi connectivity index (χ2v) is 6.57. The second kappa shape index (κ2) is 7.22. The largest absolute Gasteiger partial charge is 0.382 e. The van der Waals surface area contributed by atoms with Gasteiger partial charge < -0.3 is 14.2 Å². The van der Waals surface area contributed by atoms with E-state index in [0.717, 1.165) is 19.6 Å². The number of halogens is 1. The fourth-order valence-electron chi connectivity index (χ4n) is 3.23. The SMILES string of the molecule is COCCOCCCOC1CC(Br)C12CCCC2. The van der Waals surface area contributed by atoms with Crippen LogP contribution in [0.4, 0.5) is 0 Å². The molecule has 2 rings (SSSR count). The maximum Gasteiger partial charge on any atom is 0.0700 e. The van der Waals surface area contributed by atoms with Crippen molar-refractivity contribution in [2.24, 2.45) is 5.41 Å². The van der Waals surface area contributed by atoms with Crippen molar-refractivity contribution in [1.29, 1.82) is 0 Å². The van der Waals surface area contributed by atoms with Gasteiger partial charge in [-0.2, -0.15) is 0 Å². The molecule has 106 valence electrons. The Hall–Kier alpha value is 0.360. The Morgan fingerprint density at radius 2 is 1.89 bits per heavy atom. The molecule has 3 nitrogen and oxygen atoms in total. The molecular weight excluding hydrogens is 296 g/mol. The van der Waals surface area contributed by atoms with Gasteiger partial charge in [0.1, 0.15) is 0 Å². The van der Waals surface area contributed by atoms with Crippen LogP contribution in [0.3, 0.4) is 0 Å². The average molecular weight is 321 g/mol. The molecule has 0 N–H and O–H groups in total. The molecule has 2 aliphatic rings. The maximum absolute atomic E-state index is 6.05. The van der Waals surface area contributed by atoms with Gasteiger partial charge in [-0.25, -0.2) is 0 Å². The van der Waals surface area contributed by atoms with Gasteiger partial charge in [0.05, 0.1) is 19.3 Å². The van der Waals surface area contributed by atoms with E-state index in [1.165, 1.54) is 32.1 Å². The molecule has 2 unspecified atom stereocenters. The van der Waals surface area contributed by atoms with Crippen molar-refractivity contribution in [3.05, 3.63) is 0 Å². The quantitative estimate of drug-likeness (QED) is 0.508. The zero-order valence-corrected chi connectivity index (χ0v) is 12.9. The van der Waals surface area contributed by atoms with Crippen molar-refractivity contribution in [1.82, 2.24) is 0 Å². The lowest BCUT2D eigenvalue weighted by molar-refractivity contribution is -0.104. The zero-order valence-electron chi connectivity index (χ0n) is 11.3. The molecule has 18 heavy (non-hydrogen) atoms. The molecular formula is C14H25BrO3. The van der Waals surface area contributed by atoms with Gasteiger partial charge in [0.25, 0.3) is 0 Å². The third-order valence-electron chi connectivity index (χ3n) is 4.40. The van der Waals surface area contributed by atoms with E-state index >= 15 is 0 Å². The fraction of sp³-hybridized carbons (Fsp3) is 1.00. The predicted molar refractivity (Wildman–Crippen MR) is 75.3 cm³/mol. The lowest BCUT2D eigenvalue weighted by Crippen LogP contribution is -2.54. The van der Waals surface area contributed by atoms with Crippen LogP contribution in [0.25, 0.3) is 0 Å². The minimum atomic E-state index is 0.469. The van der Waals surface area contributed by atoms with Crippen molar-refractivity contribution in [3.8, 4) is 0 Å². The topological polar surface area (TPSA) is 27.7 Å². The molecule has 0 aliphatic heterocycles. The van der Waals surface area contributed by atoms with Crippen molar-refractivity contribution < 1.29 is 14.2 Å². The maximum atomic E-state index is 6.05. The fourth-order valence-corrected chi connectivity index (χ4v) is 4.32. The van der Waals surface area contributed by atoms with E-state index in [4.69, 9.17) is 14.2 Å². The molecule has 2 aliphatic carbocycles. The van der Waals surface area contributed by atoms with Crippen LogP contribution in [0.5, 0.6) is 0 Å². The molecule has 2 atom stereocenters. The molecule has 0 aromatic rings. The Morgan fingerprint density at radius 3 is 2.56 bits per heavy atom. The van der Waals surface area contributed by atoms with Gasteiger partial charge in [0.2, 0.25) is 0 Å². The summed E-state index contributed by atoms with van der Waals surface area (Å²) in [5, 5.41) is 0. The third-order valence-corrected chi connectivity index (χ3v) is 5.69. The summed E-state index contributed by atoms with van der Waals surface area (Å²) in [5.74, 6) is 0. The number of rotatable bonds is 8. The summed E-state index contributed by atoms with van der Waals surface area (Å²) in [5.41, 5.74) is 0.469. The number of methoxy groups -OCH3 is 1. The van der Waals surface area contributed by atoms with Crippen LogP contribution in [-0.2, 0) is 14.2 Å². The second-order valence-electron chi connectivity index (χ2n) is 5.46. The van der Waals surface area contributed by atoms with Crippen LogP contribution < -0.4 is 0 Å². The standard InChI is InChI=1S/C14H25BrO3/c1-16-9-10-17-7-4-8-18-13-11-12(15)14(13)5-2-3-6-14/h12-13H,2-11H2,1H3. The molecule has 0 heterocycles. The number of hydrogen-bond acceptors (Lipinski definition) is 3. The first-order valence-corrected chi connectivity index (χ1v) is 8.03. The lowest BCUT2D eigenvalue weighted by Gasteiger charge is -2.51. The van der Waals surface area contributed by atoms with Crippen LogP contribution in [-0.4, -0.2) is 44.5 Å².